The molecule has 0 atom stereocenters. The minimum Gasteiger partial charge on any atom is -0.329 e. The Morgan fingerprint density at radius 1 is 1.24 bits per heavy atom. The van der Waals surface area contributed by atoms with E-state index in [0.717, 1.165) is 18.8 Å². The summed E-state index contributed by atoms with van der Waals surface area (Å²) in [6.45, 7) is 3.39. The van der Waals surface area contributed by atoms with E-state index in [0.29, 0.717) is 24.7 Å². The van der Waals surface area contributed by atoms with Gasteiger partial charge in [0.2, 0.25) is 5.91 Å². The average molecular weight is 254 g/mol. The van der Waals surface area contributed by atoms with Crippen molar-refractivity contribution in [3.8, 4) is 0 Å². The van der Waals surface area contributed by atoms with Crippen LogP contribution in [-0.2, 0) is 4.79 Å². The van der Waals surface area contributed by atoms with E-state index in [1.807, 2.05) is 12.1 Å². The molecule has 1 saturated heterocycles. The van der Waals surface area contributed by atoms with Gasteiger partial charge in [-0.15, -0.1) is 0 Å². The molecule has 4 nitrogen and oxygen atoms in total. The highest BCUT2D eigenvalue weighted by Crippen LogP contribution is 2.19. The molecule has 2 N–H and O–H groups in total. The van der Waals surface area contributed by atoms with Crippen molar-refractivity contribution in [2.45, 2.75) is 0 Å². The van der Waals surface area contributed by atoms with Gasteiger partial charge >= 0.3 is 0 Å². The molecule has 1 aromatic rings. The Balaban J connectivity index is 2.04. The van der Waals surface area contributed by atoms with Crippen molar-refractivity contribution in [1.82, 2.24) is 4.90 Å². The molecule has 1 aliphatic heterocycles. The van der Waals surface area contributed by atoms with E-state index in [1.54, 1.807) is 17.0 Å². The van der Waals surface area contributed by atoms with Gasteiger partial charge in [0.1, 0.15) is 0 Å². The first-order chi connectivity index (χ1) is 8.20. The maximum Gasteiger partial charge on any atom is 0.241 e. The van der Waals surface area contributed by atoms with E-state index < -0.39 is 0 Å². The third-order valence-corrected chi connectivity index (χ3v) is 3.14. The molecule has 5 heteroatoms. The number of anilines is 1. The molecular weight excluding hydrogens is 238 g/mol. The first kappa shape index (κ1) is 12.4. The van der Waals surface area contributed by atoms with Gasteiger partial charge in [-0.2, -0.15) is 0 Å². The molecular formula is C12H16ClN3O. The smallest absolute Gasteiger partial charge is 0.241 e. The Morgan fingerprint density at radius 2 is 1.94 bits per heavy atom. The summed E-state index contributed by atoms with van der Waals surface area (Å²) >= 11 is 5.83. The van der Waals surface area contributed by atoms with E-state index in [4.69, 9.17) is 17.3 Å². The predicted molar refractivity (Wildman–Crippen MR) is 69.3 cm³/mol. The van der Waals surface area contributed by atoms with Gasteiger partial charge in [0.25, 0.3) is 0 Å². The molecule has 17 heavy (non-hydrogen) atoms. The lowest BCUT2D eigenvalue weighted by Crippen LogP contribution is -2.51. The Kier molecular flexibility index (Phi) is 3.99. The Bertz CT molecular complexity index is 393. The summed E-state index contributed by atoms with van der Waals surface area (Å²) in [5.74, 6) is 0.118. The van der Waals surface area contributed by atoms with E-state index in [9.17, 15) is 4.79 Å². The van der Waals surface area contributed by atoms with Crippen molar-refractivity contribution >= 4 is 23.2 Å². The van der Waals surface area contributed by atoms with Crippen LogP contribution in [0.25, 0.3) is 0 Å². The molecule has 0 radical (unpaired) electrons. The second kappa shape index (κ2) is 5.49. The number of nitrogens with two attached hydrogens (primary N) is 1. The summed E-state index contributed by atoms with van der Waals surface area (Å²) in [7, 11) is 0. The fourth-order valence-corrected chi connectivity index (χ4v) is 2.12. The second-order valence-corrected chi connectivity index (χ2v) is 4.52. The summed E-state index contributed by atoms with van der Waals surface area (Å²) in [6, 6.07) is 7.35. The zero-order chi connectivity index (χ0) is 12.3. The highest BCUT2D eigenvalue weighted by molar-refractivity contribution is 6.30. The zero-order valence-corrected chi connectivity index (χ0v) is 10.4. The van der Waals surface area contributed by atoms with Crippen LogP contribution >= 0.6 is 11.6 Å². The Morgan fingerprint density at radius 3 is 2.53 bits per heavy atom. The third kappa shape index (κ3) is 2.97. The Labute approximate surface area is 106 Å². The lowest BCUT2D eigenvalue weighted by molar-refractivity contribution is -0.121. The van der Waals surface area contributed by atoms with Crippen LogP contribution in [0.1, 0.15) is 0 Å². The normalized spacial score (nSPS) is 17.5. The maximum atomic E-state index is 12.0. The van der Waals surface area contributed by atoms with E-state index in [2.05, 4.69) is 4.90 Å². The predicted octanol–water partition coefficient (Wildman–Crippen LogP) is 0.947. The molecule has 92 valence electrons. The number of nitrogens with zero attached hydrogens (tertiary/aromatic N) is 2. The van der Waals surface area contributed by atoms with Gasteiger partial charge in [-0.05, 0) is 24.3 Å². The van der Waals surface area contributed by atoms with E-state index in [-0.39, 0.29) is 5.91 Å². The van der Waals surface area contributed by atoms with Gasteiger partial charge in [-0.1, -0.05) is 11.6 Å². The van der Waals surface area contributed by atoms with Crippen molar-refractivity contribution in [2.75, 3.05) is 37.6 Å². The van der Waals surface area contributed by atoms with Crippen LogP contribution in [0.3, 0.4) is 0 Å². The number of hydrogen-bond donors (Lipinski definition) is 1. The molecule has 0 unspecified atom stereocenters. The quantitative estimate of drug-likeness (QED) is 0.873. The number of carbonyl (C=O) groups is 1. The molecule has 1 heterocycles. The summed E-state index contributed by atoms with van der Waals surface area (Å²) < 4.78 is 0. The lowest BCUT2D eigenvalue weighted by atomic mass is 10.2. The van der Waals surface area contributed by atoms with E-state index >= 15 is 0 Å². The van der Waals surface area contributed by atoms with Gasteiger partial charge < -0.3 is 10.6 Å². The number of benzene rings is 1. The minimum atomic E-state index is 0.118. The zero-order valence-electron chi connectivity index (χ0n) is 9.60. The number of carbonyl (C=O) groups excluding carboxylic acids is 1. The van der Waals surface area contributed by atoms with E-state index in [1.165, 1.54) is 0 Å². The summed E-state index contributed by atoms with van der Waals surface area (Å²) in [4.78, 5) is 15.8. The molecule has 1 aromatic carbocycles. The van der Waals surface area contributed by atoms with Crippen LogP contribution in [0, 0.1) is 0 Å². The summed E-state index contributed by atoms with van der Waals surface area (Å²) in [5, 5.41) is 0.683. The van der Waals surface area contributed by atoms with Crippen LogP contribution in [-0.4, -0.2) is 43.5 Å². The SMILES string of the molecule is NCCN1CCN(c2ccc(Cl)cc2)C(=O)C1. The first-order valence-electron chi connectivity index (χ1n) is 5.69. The maximum absolute atomic E-state index is 12.0. The summed E-state index contributed by atoms with van der Waals surface area (Å²) in [6.07, 6.45) is 0. The number of amides is 1. The van der Waals surface area contributed by atoms with Crippen LogP contribution in [0.2, 0.25) is 5.02 Å². The highest BCUT2D eigenvalue weighted by atomic mass is 35.5. The van der Waals surface area contributed by atoms with Crippen molar-refractivity contribution in [3.05, 3.63) is 29.3 Å². The molecule has 0 aromatic heterocycles. The van der Waals surface area contributed by atoms with Gasteiger partial charge in [0.15, 0.2) is 0 Å². The van der Waals surface area contributed by atoms with Crippen LogP contribution in [0.5, 0.6) is 0 Å². The standard InChI is InChI=1S/C12H16ClN3O/c13-10-1-3-11(4-2-10)16-8-7-15(6-5-14)9-12(16)17/h1-4H,5-9,14H2. The number of piperazine rings is 1. The molecule has 1 fully saturated rings. The van der Waals surface area contributed by atoms with Crippen molar-refractivity contribution in [3.63, 3.8) is 0 Å². The minimum absolute atomic E-state index is 0.118. The average Bonchev–Trinajstić information content (AvgIpc) is 2.31. The number of halogens is 1. The highest BCUT2D eigenvalue weighted by Gasteiger charge is 2.24. The largest absolute Gasteiger partial charge is 0.329 e. The molecule has 1 amide bonds. The molecule has 0 bridgehead atoms. The number of rotatable bonds is 3. The van der Waals surface area contributed by atoms with Crippen LogP contribution in [0.15, 0.2) is 24.3 Å². The lowest BCUT2D eigenvalue weighted by Gasteiger charge is -2.34. The third-order valence-electron chi connectivity index (χ3n) is 2.88. The van der Waals surface area contributed by atoms with Gasteiger partial charge in [-0.3, -0.25) is 9.69 Å². The monoisotopic (exact) mass is 253 g/mol. The van der Waals surface area contributed by atoms with Crippen molar-refractivity contribution in [1.29, 1.82) is 0 Å². The van der Waals surface area contributed by atoms with Crippen LogP contribution in [0.4, 0.5) is 5.69 Å². The fourth-order valence-electron chi connectivity index (χ4n) is 1.99. The first-order valence-corrected chi connectivity index (χ1v) is 6.07. The number of hydrogen-bond acceptors (Lipinski definition) is 3. The molecule has 0 spiro atoms. The van der Waals surface area contributed by atoms with Crippen LogP contribution < -0.4 is 10.6 Å². The fraction of sp³-hybridized carbons (Fsp3) is 0.417. The topological polar surface area (TPSA) is 49.6 Å². The second-order valence-electron chi connectivity index (χ2n) is 4.09. The van der Waals surface area contributed by atoms with Gasteiger partial charge in [-0.25, -0.2) is 0 Å². The molecule has 2 rings (SSSR count). The summed E-state index contributed by atoms with van der Waals surface area (Å²) in [5.41, 5.74) is 6.40. The molecule has 0 aliphatic carbocycles. The van der Waals surface area contributed by atoms with Gasteiger partial charge in [0, 0.05) is 36.9 Å². The molecule has 0 saturated carbocycles. The van der Waals surface area contributed by atoms with Crippen molar-refractivity contribution in [2.24, 2.45) is 5.73 Å². The Hall–Kier alpha value is -1.10. The van der Waals surface area contributed by atoms with Crippen molar-refractivity contribution < 1.29 is 4.79 Å². The molecule has 1 aliphatic rings. The van der Waals surface area contributed by atoms with Gasteiger partial charge in [0.05, 0.1) is 6.54 Å².